The molecule has 1 aliphatic carbocycles. The third kappa shape index (κ3) is 3.98. The fraction of sp³-hybridized carbons (Fsp3) is 0.310. The minimum absolute atomic E-state index is 0.113. The maximum Gasteiger partial charge on any atom is 0.255 e. The average molecular weight is 487 g/mol. The van der Waals surface area contributed by atoms with Crippen molar-refractivity contribution in [1.29, 1.82) is 0 Å². The lowest BCUT2D eigenvalue weighted by molar-refractivity contribution is 0.0695. The zero-order valence-corrected chi connectivity index (χ0v) is 20.0. The number of para-hydroxylation sites is 1. The van der Waals surface area contributed by atoms with Gasteiger partial charge in [0.2, 0.25) is 0 Å². The largest absolute Gasteiger partial charge is 0.486 e. The van der Waals surface area contributed by atoms with Crippen LogP contribution < -0.4 is 14.8 Å². The van der Waals surface area contributed by atoms with Gasteiger partial charge in [0.05, 0.1) is 11.6 Å². The molecular formula is C29H27FN2O4. The van der Waals surface area contributed by atoms with Gasteiger partial charge in [-0.3, -0.25) is 9.59 Å². The van der Waals surface area contributed by atoms with E-state index in [2.05, 4.69) is 5.32 Å². The molecule has 3 atom stereocenters. The predicted octanol–water partition coefficient (Wildman–Crippen LogP) is 4.46. The Balaban J connectivity index is 1.24. The van der Waals surface area contributed by atoms with Gasteiger partial charge in [0.15, 0.2) is 11.5 Å². The second kappa shape index (κ2) is 8.97. The van der Waals surface area contributed by atoms with Crippen LogP contribution >= 0.6 is 0 Å². The molecule has 3 aliphatic rings. The fourth-order valence-electron chi connectivity index (χ4n) is 5.51. The quantitative estimate of drug-likeness (QED) is 0.578. The van der Waals surface area contributed by atoms with Gasteiger partial charge in [-0.1, -0.05) is 42.0 Å². The van der Waals surface area contributed by atoms with E-state index in [-0.39, 0.29) is 23.7 Å². The third-order valence-electron chi connectivity index (χ3n) is 7.42. The minimum atomic E-state index is -0.359. The molecule has 0 aromatic heterocycles. The summed E-state index contributed by atoms with van der Waals surface area (Å²) in [7, 11) is 0. The number of amides is 2. The zero-order valence-electron chi connectivity index (χ0n) is 20.0. The normalized spacial score (nSPS) is 21.6. The number of nitrogens with one attached hydrogen (secondary N) is 1. The Bertz CT molecular complexity index is 1360. The topological polar surface area (TPSA) is 67.9 Å². The molecule has 0 spiro atoms. The molecule has 2 fully saturated rings. The molecular weight excluding hydrogens is 459 g/mol. The van der Waals surface area contributed by atoms with Crippen LogP contribution in [-0.2, 0) is 0 Å². The molecule has 1 N–H and O–H groups in total. The van der Waals surface area contributed by atoms with Crippen molar-refractivity contribution in [1.82, 2.24) is 10.2 Å². The van der Waals surface area contributed by atoms with Crippen LogP contribution in [0.2, 0.25) is 0 Å². The number of piperidine rings is 1. The molecule has 3 aromatic carbocycles. The SMILES string of the molecule is Cc1ccc(C(=O)N2C[C@H]3C[C@H]3[C@H]2CNC(=O)c2cccc3c2OCCO3)c(-c2ccccc2F)c1. The number of benzene rings is 3. The van der Waals surface area contributed by atoms with E-state index in [1.54, 1.807) is 42.5 Å². The van der Waals surface area contributed by atoms with Gasteiger partial charge in [0.1, 0.15) is 19.0 Å². The van der Waals surface area contributed by atoms with Gasteiger partial charge in [-0.05, 0) is 55.0 Å². The zero-order chi connectivity index (χ0) is 24.8. The van der Waals surface area contributed by atoms with Crippen molar-refractivity contribution < 1.29 is 23.5 Å². The molecule has 6 rings (SSSR count). The number of hydrogen-bond acceptors (Lipinski definition) is 4. The van der Waals surface area contributed by atoms with Crippen molar-refractivity contribution in [3.63, 3.8) is 0 Å². The Morgan fingerprint density at radius 3 is 2.69 bits per heavy atom. The van der Waals surface area contributed by atoms with E-state index in [0.717, 1.165) is 12.0 Å². The number of likely N-dealkylation sites (tertiary alicyclic amines) is 1. The molecule has 1 saturated heterocycles. The first-order valence-corrected chi connectivity index (χ1v) is 12.3. The van der Waals surface area contributed by atoms with Crippen molar-refractivity contribution in [3.8, 4) is 22.6 Å². The van der Waals surface area contributed by atoms with E-state index < -0.39 is 0 Å². The maximum atomic E-state index is 14.7. The van der Waals surface area contributed by atoms with Crippen LogP contribution in [0, 0.1) is 24.6 Å². The van der Waals surface area contributed by atoms with Crippen molar-refractivity contribution in [2.24, 2.45) is 11.8 Å². The predicted molar refractivity (Wildman–Crippen MR) is 133 cm³/mol. The highest BCUT2D eigenvalue weighted by atomic mass is 19.1. The lowest BCUT2D eigenvalue weighted by Crippen LogP contribution is -2.45. The molecule has 184 valence electrons. The molecule has 3 aromatic rings. The number of fused-ring (bicyclic) bond motifs is 2. The van der Waals surface area contributed by atoms with Gasteiger partial charge < -0.3 is 19.7 Å². The van der Waals surface area contributed by atoms with Crippen LogP contribution in [0.4, 0.5) is 4.39 Å². The summed E-state index contributed by atoms with van der Waals surface area (Å²) >= 11 is 0. The number of halogens is 1. The molecule has 36 heavy (non-hydrogen) atoms. The Kier molecular flexibility index (Phi) is 5.63. The maximum absolute atomic E-state index is 14.7. The summed E-state index contributed by atoms with van der Waals surface area (Å²) in [5.74, 6) is 1.08. The van der Waals surface area contributed by atoms with Crippen molar-refractivity contribution in [2.75, 3.05) is 26.3 Å². The highest BCUT2D eigenvalue weighted by molar-refractivity contribution is 6.02. The Morgan fingerprint density at radius 1 is 1.00 bits per heavy atom. The molecule has 2 amide bonds. The second-order valence-electron chi connectivity index (χ2n) is 9.75. The summed E-state index contributed by atoms with van der Waals surface area (Å²) in [4.78, 5) is 28.7. The van der Waals surface area contributed by atoms with E-state index in [4.69, 9.17) is 9.47 Å². The van der Waals surface area contributed by atoms with E-state index in [1.807, 2.05) is 24.0 Å². The number of nitrogens with zero attached hydrogens (tertiary/aromatic N) is 1. The van der Waals surface area contributed by atoms with Crippen molar-refractivity contribution in [2.45, 2.75) is 19.4 Å². The summed E-state index contributed by atoms with van der Waals surface area (Å²) in [6, 6.07) is 17.2. The molecule has 0 unspecified atom stereocenters. The van der Waals surface area contributed by atoms with Crippen molar-refractivity contribution in [3.05, 3.63) is 83.2 Å². The monoisotopic (exact) mass is 486 g/mol. The lowest BCUT2D eigenvalue weighted by atomic mass is 9.96. The average Bonchev–Trinajstić information content (AvgIpc) is 3.58. The second-order valence-corrected chi connectivity index (χ2v) is 9.75. The minimum Gasteiger partial charge on any atom is -0.486 e. The first-order valence-electron chi connectivity index (χ1n) is 12.3. The van der Waals surface area contributed by atoms with Gasteiger partial charge in [-0.25, -0.2) is 4.39 Å². The van der Waals surface area contributed by atoms with Gasteiger partial charge in [0.25, 0.3) is 11.8 Å². The smallest absolute Gasteiger partial charge is 0.255 e. The fourth-order valence-corrected chi connectivity index (χ4v) is 5.51. The van der Waals surface area contributed by atoms with Gasteiger partial charge >= 0.3 is 0 Å². The van der Waals surface area contributed by atoms with Crippen LogP contribution in [0.1, 0.15) is 32.7 Å². The Morgan fingerprint density at radius 2 is 1.83 bits per heavy atom. The number of rotatable bonds is 5. The van der Waals surface area contributed by atoms with Crippen LogP contribution in [-0.4, -0.2) is 49.1 Å². The van der Waals surface area contributed by atoms with Gasteiger partial charge in [-0.15, -0.1) is 0 Å². The van der Waals surface area contributed by atoms with E-state index in [0.29, 0.717) is 71.9 Å². The molecule has 1 saturated carbocycles. The summed E-state index contributed by atoms with van der Waals surface area (Å²) in [5.41, 5.74) is 2.86. The Labute approximate surface area is 209 Å². The van der Waals surface area contributed by atoms with Crippen LogP contribution in [0.5, 0.6) is 11.5 Å². The van der Waals surface area contributed by atoms with Crippen LogP contribution in [0.3, 0.4) is 0 Å². The number of carbonyl (C=O) groups excluding carboxylic acids is 2. The molecule has 7 heteroatoms. The Hall–Kier alpha value is -3.87. The number of ether oxygens (including phenoxy) is 2. The summed E-state index contributed by atoms with van der Waals surface area (Å²) in [6.45, 7) is 3.77. The molecule has 2 aliphatic heterocycles. The van der Waals surface area contributed by atoms with Crippen LogP contribution in [0.15, 0.2) is 60.7 Å². The standard InChI is InChI=1S/C29H27FN2O4/c1-17-9-10-20(23(13-17)19-5-2-3-7-24(19)30)29(34)32-16-18-14-22(18)25(32)15-31-28(33)21-6-4-8-26-27(21)36-12-11-35-26/h2-10,13,18,22,25H,11-12,14-16H2,1H3,(H,31,33)/t18-,22-,25-/m1/s1. The number of carbonyl (C=O) groups is 2. The van der Waals surface area contributed by atoms with E-state index >= 15 is 0 Å². The molecule has 2 heterocycles. The molecule has 6 nitrogen and oxygen atoms in total. The first kappa shape index (κ1) is 22.6. The van der Waals surface area contributed by atoms with Gasteiger partial charge in [-0.2, -0.15) is 0 Å². The highest BCUT2D eigenvalue weighted by Gasteiger charge is 2.54. The summed E-state index contributed by atoms with van der Waals surface area (Å²) in [5, 5.41) is 3.02. The summed E-state index contributed by atoms with van der Waals surface area (Å²) in [6.07, 6.45) is 1.05. The third-order valence-corrected chi connectivity index (χ3v) is 7.42. The summed E-state index contributed by atoms with van der Waals surface area (Å²) < 4.78 is 26.0. The van der Waals surface area contributed by atoms with Crippen LogP contribution in [0.25, 0.3) is 11.1 Å². The lowest BCUT2D eigenvalue weighted by Gasteiger charge is -2.29. The number of aryl methyl sites for hydroxylation is 1. The van der Waals surface area contributed by atoms with E-state index in [9.17, 15) is 14.0 Å². The first-order chi connectivity index (χ1) is 17.5. The van der Waals surface area contributed by atoms with E-state index in [1.165, 1.54) is 6.07 Å². The van der Waals surface area contributed by atoms with Crippen molar-refractivity contribution >= 4 is 11.8 Å². The molecule has 0 bridgehead atoms. The van der Waals surface area contributed by atoms with Gasteiger partial charge in [0, 0.05) is 24.2 Å². The molecule has 0 radical (unpaired) electrons. The highest BCUT2D eigenvalue weighted by Crippen LogP contribution is 2.50. The number of hydrogen-bond donors (Lipinski definition) is 1.